The average molecular weight is 475 g/mol. The molecule has 0 radical (unpaired) electrons. The van der Waals surface area contributed by atoms with Crippen LogP contribution >= 0.6 is 11.8 Å². The SMILES string of the molecule is COc1ccc(-n2c(SCC(=O)c3[nH]c(C)c(C(C)=O)c3C)nnc2-c2cccc(C)c2)cc1. The zero-order chi connectivity index (χ0) is 24.4. The number of methoxy groups -OCH3 is 1. The van der Waals surface area contributed by atoms with Crippen LogP contribution in [0, 0.1) is 20.8 Å². The van der Waals surface area contributed by atoms with Crippen LogP contribution in [0.15, 0.2) is 53.7 Å². The summed E-state index contributed by atoms with van der Waals surface area (Å²) in [7, 11) is 1.63. The molecule has 8 heteroatoms. The van der Waals surface area contributed by atoms with Crippen molar-refractivity contribution in [3.8, 4) is 22.8 Å². The Balaban J connectivity index is 1.69. The van der Waals surface area contributed by atoms with Crippen LogP contribution in [0.1, 0.15) is 44.6 Å². The third-order valence-corrected chi connectivity index (χ3v) is 6.57. The first-order chi connectivity index (χ1) is 16.3. The number of carbonyl (C=O) groups is 2. The molecule has 34 heavy (non-hydrogen) atoms. The zero-order valence-corrected chi connectivity index (χ0v) is 20.6. The van der Waals surface area contributed by atoms with Crippen LogP contribution < -0.4 is 4.74 Å². The topological polar surface area (TPSA) is 89.9 Å². The second-order valence-corrected chi connectivity index (χ2v) is 9.04. The molecule has 0 spiro atoms. The van der Waals surface area contributed by atoms with Crippen molar-refractivity contribution >= 4 is 23.3 Å². The highest BCUT2D eigenvalue weighted by Crippen LogP contribution is 2.30. The summed E-state index contributed by atoms with van der Waals surface area (Å²) in [4.78, 5) is 28.1. The van der Waals surface area contributed by atoms with Crippen LogP contribution in [0.3, 0.4) is 0 Å². The van der Waals surface area contributed by atoms with Gasteiger partial charge in [-0.3, -0.25) is 14.2 Å². The lowest BCUT2D eigenvalue weighted by atomic mass is 10.1. The van der Waals surface area contributed by atoms with Crippen LogP contribution in [-0.2, 0) is 0 Å². The summed E-state index contributed by atoms with van der Waals surface area (Å²) in [5.41, 5.74) is 5.35. The van der Waals surface area contributed by atoms with E-state index in [1.165, 1.54) is 18.7 Å². The van der Waals surface area contributed by atoms with E-state index in [9.17, 15) is 9.59 Å². The van der Waals surface area contributed by atoms with Gasteiger partial charge in [0.2, 0.25) is 0 Å². The van der Waals surface area contributed by atoms with Gasteiger partial charge in [-0.15, -0.1) is 10.2 Å². The minimum Gasteiger partial charge on any atom is -0.497 e. The Bertz CT molecular complexity index is 1370. The molecular formula is C26H26N4O3S. The number of H-pyrrole nitrogens is 1. The molecule has 4 rings (SSSR count). The van der Waals surface area contributed by atoms with Crippen LogP contribution in [-0.4, -0.2) is 44.2 Å². The molecule has 0 unspecified atom stereocenters. The molecule has 7 nitrogen and oxygen atoms in total. The first kappa shape index (κ1) is 23.5. The molecule has 2 aromatic carbocycles. The molecule has 0 fully saturated rings. The predicted octanol–water partition coefficient (Wildman–Crippen LogP) is 5.37. The van der Waals surface area contributed by atoms with E-state index in [4.69, 9.17) is 4.74 Å². The zero-order valence-electron chi connectivity index (χ0n) is 19.8. The molecular weight excluding hydrogens is 448 g/mol. The maximum atomic E-state index is 13.0. The van der Waals surface area contributed by atoms with E-state index in [0.717, 1.165) is 22.6 Å². The van der Waals surface area contributed by atoms with Crippen molar-refractivity contribution in [3.05, 3.63) is 76.6 Å². The second kappa shape index (κ2) is 9.69. The number of thioether (sulfide) groups is 1. The molecule has 0 saturated carbocycles. The third-order valence-electron chi connectivity index (χ3n) is 5.64. The maximum Gasteiger partial charge on any atom is 0.196 e. The summed E-state index contributed by atoms with van der Waals surface area (Å²) < 4.78 is 7.24. The molecule has 0 aliphatic carbocycles. The Kier molecular flexibility index (Phi) is 6.70. The number of ether oxygens (including phenoxy) is 1. The van der Waals surface area contributed by atoms with Gasteiger partial charge >= 0.3 is 0 Å². The molecule has 0 amide bonds. The van der Waals surface area contributed by atoms with E-state index in [0.29, 0.717) is 33.5 Å². The fourth-order valence-electron chi connectivity index (χ4n) is 4.06. The highest BCUT2D eigenvalue weighted by atomic mass is 32.2. The van der Waals surface area contributed by atoms with E-state index >= 15 is 0 Å². The van der Waals surface area contributed by atoms with Crippen LogP contribution in [0.5, 0.6) is 5.75 Å². The van der Waals surface area contributed by atoms with Gasteiger partial charge in [0, 0.05) is 22.5 Å². The molecule has 2 aromatic heterocycles. The molecule has 0 bridgehead atoms. The Labute approximate surface area is 202 Å². The Morgan fingerprint density at radius 3 is 2.41 bits per heavy atom. The van der Waals surface area contributed by atoms with Crippen LogP contribution in [0.25, 0.3) is 17.1 Å². The highest BCUT2D eigenvalue weighted by Gasteiger charge is 2.22. The van der Waals surface area contributed by atoms with Gasteiger partial charge in [-0.25, -0.2) is 0 Å². The number of carbonyl (C=O) groups excluding carboxylic acids is 2. The number of nitrogens with zero attached hydrogens (tertiary/aromatic N) is 3. The number of hydrogen-bond acceptors (Lipinski definition) is 6. The van der Waals surface area contributed by atoms with Crippen molar-refractivity contribution in [2.24, 2.45) is 0 Å². The van der Waals surface area contributed by atoms with Crippen LogP contribution in [0.2, 0.25) is 0 Å². The number of rotatable bonds is 8. The summed E-state index contributed by atoms with van der Waals surface area (Å²) >= 11 is 1.31. The molecule has 0 aliphatic rings. The third kappa shape index (κ3) is 4.54. The summed E-state index contributed by atoms with van der Waals surface area (Å²) in [5.74, 6) is 1.44. The lowest BCUT2D eigenvalue weighted by Crippen LogP contribution is -2.07. The minimum atomic E-state index is -0.0977. The van der Waals surface area contributed by atoms with Crippen molar-refractivity contribution in [2.45, 2.75) is 32.9 Å². The number of benzene rings is 2. The van der Waals surface area contributed by atoms with Gasteiger partial charge in [0.1, 0.15) is 5.75 Å². The summed E-state index contributed by atoms with van der Waals surface area (Å²) in [6.45, 7) is 7.15. The molecule has 174 valence electrons. The molecule has 1 N–H and O–H groups in total. The number of aromatic amines is 1. The largest absolute Gasteiger partial charge is 0.497 e. The maximum absolute atomic E-state index is 13.0. The smallest absolute Gasteiger partial charge is 0.196 e. The van der Waals surface area contributed by atoms with Gasteiger partial charge in [0.25, 0.3) is 0 Å². The summed E-state index contributed by atoms with van der Waals surface area (Å²) in [6.07, 6.45) is 0. The lowest BCUT2D eigenvalue weighted by Gasteiger charge is -2.11. The first-order valence-corrected chi connectivity index (χ1v) is 11.8. The molecule has 0 atom stereocenters. The second-order valence-electron chi connectivity index (χ2n) is 8.10. The summed E-state index contributed by atoms with van der Waals surface area (Å²) in [5, 5.41) is 9.46. The van der Waals surface area contributed by atoms with E-state index in [1.807, 2.05) is 60.9 Å². The van der Waals surface area contributed by atoms with Gasteiger partial charge in [-0.05, 0) is 63.6 Å². The highest BCUT2D eigenvalue weighted by molar-refractivity contribution is 7.99. The molecule has 0 saturated heterocycles. The minimum absolute atomic E-state index is 0.0556. The number of ketones is 2. The fraction of sp³-hybridized carbons (Fsp3) is 0.231. The Morgan fingerprint density at radius 2 is 1.79 bits per heavy atom. The van der Waals surface area contributed by atoms with Crippen molar-refractivity contribution < 1.29 is 14.3 Å². The predicted molar refractivity (Wildman–Crippen MR) is 133 cm³/mol. The van der Waals surface area contributed by atoms with Crippen molar-refractivity contribution in [1.29, 1.82) is 0 Å². The quantitative estimate of drug-likeness (QED) is 0.273. The Hall–Kier alpha value is -3.65. The van der Waals surface area contributed by atoms with E-state index < -0.39 is 0 Å². The van der Waals surface area contributed by atoms with E-state index in [2.05, 4.69) is 21.2 Å². The van der Waals surface area contributed by atoms with Gasteiger partial charge in [0.15, 0.2) is 22.5 Å². The average Bonchev–Trinajstić information content (AvgIpc) is 3.37. The number of aryl methyl sites for hydroxylation is 2. The van der Waals surface area contributed by atoms with Crippen molar-refractivity contribution in [2.75, 3.05) is 12.9 Å². The molecule has 2 heterocycles. The van der Waals surface area contributed by atoms with Gasteiger partial charge in [-0.1, -0.05) is 35.5 Å². The lowest BCUT2D eigenvalue weighted by molar-refractivity contribution is 0.101. The molecule has 0 aliphatic heterocycles. The molecule has 4 aromatic rings. The number of aromatic nitrogens is 4. The standard InChI is InChI=1S/C26H26N4O3S/c1-15-7-6-8-19(13-15)25-28-29-26(30(25)20-9-11-21(33-5)12-10-20)34-14-22(32)24-16(2)23(18(4)31)17(3)27-24/h6-13,27H,14H2,1-5H3. The first-order valence-electron chi connectivity index (χ1n) is 10.8. The normalized spacial score (nSPS) is 11.0. The number of Topliss-reactive ketones (excluding diaryl/α,β-unsaturated/α-hetero) is 2. The van der Waals surface area contributed by atoms with Gasteiger partial charge in [0.05, 0.1) is 18.6 Å². The number of nitrogens with one attached hydrogen (secondary N) is 1. The van der Waals surface area contributed by atoms with Gasteiger partial charge < -0.3 is 9.72 Å². The van der Waals surface area contributed by atoms with Crippen LogP contribution in [0.4, 0.5) is 0 Å². The van der Waals surface area contributed by atoms with Crippen molar-refractivity contribution in [3.63, 3.8) is 0 Å². The van der Waals surface area contributed by atoms with Gasteiger partial charge in [-0.2, -0.15) is 0 Å². The monoisotopic (exact) mass is 474 g/mol. The summed E-state index contributed by atoms with van der Waals surface area (Å²) in [6, 6.07) is 15.7. The van der Waals surface area contributed by atoms with Crippen molar-refractivity contribution in [1.82, 2.24) is 19.7 Å². The number of hydrogen-bond donors (Lipinski definition) is 1. The Morgan fingerprint density at radius 1 is 1.06 bits per heavy atom. The van der Waals surface area contributed by atoms with E-state index in [-0.39, 0.29) is 17.3 Å². The van der Waals surface area contributed by atoms with E-state index in [1.54, 1.807) is 14.0 Å². The fourth-order valence-corrected chi connectivity index (χ4v) is 4.88.